The number of hydrogen-bond acceptors (Lipinski definition) is 6. The minimum atomic E-state index is -0.715. The van der Waals surface area contributed by atoms with Crippen molar-refractivity contribution in [2.24, 2.45) is 112 Å². The normalized spacial score (nSPS) is 25.5. The highest BCUT2D eigenvalue weighted by atomic mass is 16.4. The Labute approximate surface area is 468 Å². The molecule has 0 bridgehead atoms. The van der Waals surface area contributed by atoms with Crippen molar-refractivity contribution in [3.05, 3.63) is 12.3 Å². The van der Waals surface area contributed by atoms with Crippen LogP contribution in [0.5, 0.6) is 0 Å². The molecule has 8 atom stereocenters. The summed E-state index contributed by atoms with van der Waals surface area (Å²) >= 11 is 0. The number of rotatable bonds is 11. The number of aliphatic carboxylic acids is 5. The van der Waals surface area contributed by atoms with Gasteiger partial charge in [0.1, 0.15) is 0 Å². The Morgan fingerprint density at radius 2 is 0.855 bits per heavy atom. The van der Waals surface area contributed by atoms with Gasteiger partial charge in [-0.25, -0.2) is 0 Å². The molecule has 4 saturated carbocycles. The van der Waals surface area contributed by atoms with Gasteiger partial charge in [0.25, 0.3) is 0 Å². The van der Waals surface area contributed by atoms with Gasteiger partial charge in [-0.3, -0.25) is 24.0 Å². The molecule has 4 rings (SSSR count). The molecule has 0 heterocycles. The first-order valence-electron chi connectivity index (χ1n) is 27.5. The molecule has 6 N–H and O–H groups in total. The van der Waals surface area contributed by atoms with Crippen molar-refractivity contribution in [3.63, 3.8) is 0 Å². The Hall–Kier alpha value is -3.11. The molecule has 0 radical (unpaired) electrons. The Kier molecular flexibility index (Phi) is 27.6. The van der Waals surface area contributed by atoms with Crippen molar-refractivity contribution in [2.75, 3.05) is 0 Å². The van der Waals surface area contributed by atoms with E-state index in [2.05, 4.69) is 173 Å². The molecule has 0 aliphatic heterocycles. The van der Waals surface area contributed by atoms with Crippen LogP contribution in [0.1, 0.15) is 261 Å². The maximum atomic E-state index is 10.9. The Morgan fingerprint density at radius 1 is 0.461 bits per heavy atom. The molecule has 4 fully saturated rings. The first-order valence-corrected chi connectivity index (χ1v) is 27.5. The molecule has 0 aromatic rings. The lowest BCUT2D eigenvalue weighted by atomic mass is 9.48. The van der Waals surface area contributed by atoms with Crippen LogP contribution >= 0.6 is 0 Å². The van der Waals surface area contributed by atoms with Crippen molar-refractivity contribution in [1.82, 2.24) is 0 Å². The minimum absolute atomic E-state index is 0. The average Bonchev–Trinajstić information content (AvgIpc) is 3.95. The Bertz CT molecular complexity index is 1880. The largest absolute Gasteiger partial charge is 0.513 e. The minimum Gasteiger partial charge on any atom is -0.513 e. The standard InChI is InChI=1S/C12H22O.2C11H20O2.C10H18O2.C10H20O2.C9H18O2.2CH4/c1-8(13)10-9(12(10,5)6)7-11(2,3)4;1-10(2,3)9-7(6-8(12)13)11(9,4)5;1-10(2,3)8-6-7(9(12)13)11(8,4)5;1-9(2,3)7-6(8(11)12)10(7,4)5;1-9(2,3)7-10(4,5)6-8(11)12;1-8(2,3)6-9(4,5)7(10)11;;/h9-10,13H,1,7H2,2-6H3;7,9H,6H2,1-5H3,(H,12,13);7-8H,6H2,1-5H3,(H,12,13);6-7H,1-5H3,(H,11,12);6-7H2,1-5H3,(H,11,12);6H2,1-5H3,(H,10,11);2*1H4. The fraction of sp³-hybridized carbons (Fsp3) is 0.892. The summed E-state index contributed by atoms with van der Waals surface area (Å²) < 4.78 is 0. The molecule has 0 saturated heterocycles. The topological polar surface area (TPSA) is 207 Å². The van der Waals surface area contributed by atoms with E-state index in [1.807, 2.05) is 27.7 Å². The molecule has 0 amide bonds. The van der Waals surface area contributed by atoms with Crippen LogP contribution in [0.15, 0.2) is 12.3 Å². The third-order valence-electron chi connectivity index (χ3n) is 16.4. The summed E-state index contributed by atoms with van der Waals surface area (Å²) in [4.78, 5) is 53.5. The van der Waals surface area contributed by atoms with E-state index in [1.165, 1.54) is 6.42 Å². The van der Waals surface area contributed by atoms with Gasteiger partial charge in [0.15, 0.2) is 0 Å². The van der Waals surface area contributed by atoms with E-state index < -0.39 is 35.3 Å². The Balaban J connectivity index is -0.000000408. The number of carboxylic acids is 5. The summed E-state index contributed by atoms with van der Waals surface area (Å²) in [6, 6.07) is 0. The van der Waals surface area contributed by atoms with Gasteiger partial charge in [-0.2, -0.15) is 0 Å². The predicted molar refractivity (Wildman–Crippen MR) is 318 cm³/mol. The first-order chi connectivity index (χ1) is 32.0. The fourth-order valence-corrected chi connectivity index (χ4v) is 14.3. The van der Waals surface area contributed by atoms with E-state index >= 15 is 0 Å². The zero-order valence-electron chi connectivity index (χ0n) is 53.3. The smallest absolute Gasteiger partial charge is 0.309 e. The molecule has 0 aromatic carbocycles. The van der Waals surface area contributed by atoms with Crippen LogP contribution in [0.25, 0.3) is 0 Å². The summed E-state index contributed by atoms with van der Waals surface area (Å²) in [6.07, 6.45) is 4.23. The molecule has 76 heavy (non-hydrogen) atoms. The fourth-order valence-electron chi connectivity index (χ4n) is 14.3. The lowest BCUT2D eigenvalue weighted by Crippen LogP contribution is -2.53. The summed E-state index contributed by atoms with van der Waals surface area (Å²) in [5.41, 5.74) is 0.977. The first kappa shape index (κ1) is 79.4. The maximum absolute atomic E-state index is 10.9. The van der Waals surface area contributed by atoms with Crippen LogP contribution in [0.3, 0.4) is 0 Å². The highest BCUT2D eigenvalue weighted by molar-refractivity contribution is 5.76. The van der Waals surface area contributed by atoms with Crippen molar-refractivity contribution in [1.29, 1.82) is 0 Å². The third kappa shape index (κ3) is 25.3. The van der Waals surface area contributed by atoms with Gasteiger partial charge >= 0.3 is 29.8 Å². The highest BCUT2D eigenvalue weighted by Crippen LogP contribution is 2.67. The molecule has 11 heteroatoms. The van der Waals surface area contributed by atoms with Crippen LogP contribution in [0, 0.1) is 112 Å². The second-order valence-electron chi connectivity index (χ2n) is 33.8. The molecular formula is C65H126O11. The number of aliphatic hydroxyl groups is 1. The highest BCUT2D eigenvalue weighted by Gasteiger charge is 2.66. The molecule has 11 nitrogen and oxygen atoms in total. The molecule has 4 aliphatic carbocycles. The van der Waals surface area contributed by atoms with E-state index in [9.17, 15) is 29.1 Å². The molecule has 4 aliphatic rings. The average molecular weight is 1080 g/mol. The quantitative estimate of drug-likeness (QED) is 0.107. The van der Waals surface area contributed by atoms with Crippen LogP contribution in [0.4, 0.5) is 0 Å². The van der Waals surface area contributed by atoms with Gasteiger partial charge in [0.05, 0.1) is 29.4 Å². The van der Waals surface area contributed by atoms with Gasteiger partial charge in [-0.05, 0) is 129 Å². The van der Waals surface area contributed by atoms with E-state index in [0.29, 0.717) is 59.5 Å². The number of allylic oxidation sites excluding steroid dienone is 1. The molecule has 8 unspecified atom stereocenters. The van der Waals surface area contributed by atoms with Crippen molar-refractivity contribution >= 4 is 29.8 Å². The lowest BCUT2D eigenvalue weighted by Gasteiger charge is -2.56. The summed E-state index contributed by atoms with van der Waals surface area (Å²) in [5, 5.41) is 53.5. The lowest BCUT2D eigenvalue weighted by molar-refractivity contribution is -0.166. The summed E-state index contributed by atoms with van der Waals surface area (Å²) in [5.74, 6) is -0.554. The van der Waals surface area contributed by atoms with Crippen molar-refractivity contribution < 1.29 is 54.6 Å². The van der Waals surface area contributed by atoms with Gasteiger partial charge < -0.3 is 30.6 Å². The third-order valence-corrected chi connectivity index (χ3v) is 16.4. The summed E-state index contributed by atoms with van der Waals surface area (Å²) in [7, 11) is 0. The van der Waals surface area contributed by atoms with Crippen molar-refractivity contribution in [3.8, 4) is 0 Å². The predicted octanol–water partition coefficient (Wildman–Crippen LogP) is 18.4. The van der Waals surface area contributed by atoms with Crippen LogP contribution < -0.4 is 0 Å². The monoisotopic (exact) mass is 1080 g/mol. The number of hydrogen-bond donors (Lipinski definition) is 6. The SMILES string of the molecule is C.C.C=C(O)C1C(CC(C)(C)C)C1(C)C.CC(C)(C)C1C(C(=O)O)C1(C)C.CC(C)(C)C1C(CC(=O)O)C1(C)C.CC(C)(C)C1CC(C(=O)O)C1(C)C.CC(C)(C)CC(C)(C)C(=O)O.CC(C)(C)CC(C)(C)CC(=O)O. The maximum Gasteiger partial charge on any atom is 0.309 e. The second kappa shape index (κ2) is 26.4. The van der Waals surface area contributed by atoms with Gasteiger partial charge in [-0.15, -0.1) is 0 Å². The van der Waals surface area contributed by atoms with Crippen LogP contribution in [-0.2, 0) is 24.0 Å². The van der Waals surface area contributed by atoms with Crippen molar-refractivity contribution in [2.45, 2.75) is 261 Å². The zero-order chi connectivity index (χ0) is 60.3. The van der Waals surface area contributed by atoms with E-state index in [4.69, 9.17) is 25.5 Å². The van der Waals surface area contributed by atoms with Crippen LogP contribution in [-0.4, -0.2) is 60.5 Å². The van der Waals surface area contributed by atoms with Crippen LogP contribution in [0.2, 0.25) is 0 Å². The van der Waals surface area contributed by atoms with Gasteiger partial charge in [-0.1, -0.05) is 215 Å². The number of carbonyl (C=O) groups is 5. The van der Waals surface area contributed by atoms with E-state index in [0.717, 1.165) is 12.8 Å². The zero-order valence-corrected chi connectivity index (χ0v) is 53.3. The van der Waals surface area contributed by atoms with E-state index in [-0.39, 0.29) is 87.3 Å². The van der Waals surface area contributed by atoms with Gasteiger partial charge in [0.2, 0.25) is 0 Å². The molecular weight excluding hydrogens is 957 g/mol. The second-order valence-corrected chi connectivity index (χ2v) is 33.8. The molecule has 0 aromatic heterocycles. The molecule has 452 valence electrons. The molecule has 0 spiro atoms. The van der Waals surface area contributed by atoms with Gasteiger partial charge in [0, 0.05) is 12.3 Å². The Morgan fingerprint density at radius 3 is 1.04 bits per heavy atom. The van der Waals surface area contributed by atoms with E-state index in [1.54, 1.807) is 13.8 Å². The number of aliphatic hydroxyl groups excluding tert-OH is 1. The number of carboxylic acid groups (broad SMARTS) is 5. The summed E-state index contributed by atoms with van der Waals surface area (Å²) in [6.45, 7) is 67.0.